The fourth-order valence-electron chi connectivity index (χ4n) is 1.37. The number of β-amino-alcohol motifs (C(OH)–C–C–N with tert-alkyl or cyclic N) is 1. The summed E-state index contributed by atoms with van der Waals surface area (Å²) in [6.07, 6.45) is -5.56. The van der Waals surface area contributed by atoms with E-state index in [0.717, 1.165) is 0 Å². The highest BCUT2D eigenvalue weighted by Crippen LogP contribution is 2.06. The summed E-state index contributed by atoms with van der Waals surface area (Å²) in [5, 5.41) is 40.4. The van der Waals surface area contributed by atoms with Crippen LogP contribution in [0.5, 0.6) is 0 Å². The highest BCUT2D eigenvalue weighted by Gasteiger charge is 2.31. The quantitative estimate of drug-likeness (QED) is 0.283. The van der Waals surface area contributed by atoms with Gasteiger partial charge in [0.25, 0.3) is 0 Å². The van der Waals surface area contributed by atoms with Gasteiger partial charge in [-0.25, -0.2) is 0 Å². The van der Waals surface area contributed by atoms with E-state index < -0.39 is 37.0 Å². The lowest BCUT2D eigenvalue weighted by molar-refractivity contribution is -0.153. The van der Waals surface area contributed by atoms with Crippen molar-refractivity contribution < 1.29 is 30.0 Å². The van der Waals surface area contributed by atoms with Crippen molar-refractivity contribution in [2.24, 2.45) is 0 Å². The number of esters is 1. The summed E-state index contributed by atoms with van der Waals surface area (Å²) < 4.78 is 4.66. The molecule has 1 rings (SSSR count). The molecule has 0 amide bonds. The molecule has 0 unspecified atom stereocenters. The Morgan fingerprint density at radius 1 is 1.12 bits per heavy atom. The van der Waals surface area contributed by atoms with Crippen molar-refractivity contribution in [2.45, 2.75) is 30.8 Å². The maximum Gasteiger partial charge on any atom is 0.307 e. The SMILES string of the molecule is O=C1CCNC[C@@H](O)[C@@H](O)[C@H](O)[C@@H](O)CO1. The zero-order valence-corrected chi connectivity index (χ0v) is 8.74. The Hall–Kier alpha value is -0.730. The second-order valence-electron chi connectivity index (χ2n) is 3.75. The molecule has 16 heavy (non-hydrogen) atoms. The van der Waals surface area contributed by atoms with Crippen LogP contribution in [0.1, 0.15) is 6.42 Å². The number of aliphatic hydroxyl groups excluding tert-OH is 4. The minimum absolute atomic E-state index is 0.0260. The molecule has 1 aliphatic heterocycles. The molecule has 1 saturated heterocycles. The Balaban J connectivity index is 2.62. The number of carbonyl (C=O) groups is 1. The van der Waals surface area contributed by atoms with Gasteiger partial charge in [0.05, 0.1) is 12.5 Å². The van der Waals surface area contributed by atoms with Crippen molar-refractivity contribution >= 4 is 5.97 Å². The first kappa shape index (κ1) is 13.3. The Labute approximate surface area is 92.7 Å². The molecule has 0 aliphatic carbocycles. The van der Waals surface area contributed by atoms with Crippen LogP contribution in [0.15, 0.2) is 0 Å². The Morgan fingerprint density at radius 2 is 1.75 bits per heavy atom. The fraction of sp³-hybridized carbons (Fsp3) is 0.889. The van der Waals surface area contributed by atoms with Crippen molar-refractivity contribution in [3.8, 4) is 0 Å². The van der Waals surface area contributed by atoms with Gasteiger partial charge in [-0.15, -0.1) is 0 Å². The molecule has 0 saturated carbocycles. The lowest BCUT2D eigenvalue weighted by Gasteiger charge is -2.25. The number of hydrogen-bond donors (Lipinski definition) is 5. The van der Waals surface area contributed by atoms with Crippen molar-refractivity contribution in [2.75, 3.05) is 19.7 Å². The summed E-state index contributed by atoms with van der Waals surface area (Å²) in [7, 11) is 0. The van der Waals surface area contributed by atoms with Crippen LogP contribution in [-0.2, 0) is 9.53 Å². The summed E-state index contributed by atoms with van der Waals surface area (Å²) in [5.74, 6) is -0.510. The Morgan fingerprint density at radius 3 is 2.44 bits per heavy atom. The van der Waals surface area contributed by atoms with Crippen molar-refractivity contribution in [1.29, 1.82) is 0 Å². The van der Waals surface area contributed by atoms with E-state index in [-0.39, 0.29) is 13.0 Å². The summed E-state index contributed by atoms with van der Waals surface area (Å²) in [6.45, 7) is -0.0726. The van der Waals surface area contributed by atoms with E-state index >= 15 is 0 Å². The second kappa shape index (κ2) is 6.12. The third kappa shape index (κ3) is 3.69. The molecule has 1 fully saturated rings. The highest BCUT2D eigenvalue weighted by molar-refractivity contribution is 5.69. The monoisotopic (exact) mass is 235 g/mol. The van der Waals surface area contributed by atoms with Gasteiger partial charge in [-0.05, 0) is 0 Å². The standard InChI is InChI=1S/C9H17NO6/c11-5-3-10-2-1-7(13)16-4-6(12)9(15)8(5)14/h5-6,8-12,14-15H,1-4H2/t5-,6+,8-,9-/m1/s1. The van der Waals surface area contributed by atoms with Gasteiger partial charge in [0.2, 0.25) is 0 Å². The molecule has 0 aromatic rings. The maximum atomic E-state index is 11.0. The van der Waals surface area contributed by atoms with Crippen molar-refractivity contribution in [3.63, 3.8) is 0 Å². The van der Waals surface area contributed by atoms with E-state index in [1.807, 2.05) is 0 Å². The molecule has 0 aromatic heterocycles. The zero-order valence-electron chi connectivity index (χ0n) is 8.74. The molecular formula is C9H17NO6. The number of nitrogens with one attached hydrogen (secondary N) is 1. The van der Waals surface area contributed by atoms with E-state index in [1.54, 1.807) is 0 Å². The minimum atomic E-state index is -1.55. The molecule has 0 spiro atoms. The molecule has 0 radical (unpaired) electrons. The zero-order chi connectivity index (χ0) is 12.1. The van der Waals surface area contributed by atoms with Gasteiger partial charge in [0, 0.05) is 13.1 Å². The van der Waals surface area contributed by atoms with Crippen LogP contribution in [0.2, 0.25) is 0 Å². The molecule has 5 N–H and O–H groups in total. The Bertz CT molecular complexity index is 236. The molecule has 0 bridgehead atoms. The summed E-state index contributed by atoms with van der Waals surface area (Å²) >= 11 is 0. The van der Waals surface area contributed by atoms with E-state index in [4.69, 9.17) is 0 Å². The van der Waals surface area contributed by atoms with Crippen LogP contribution in [0.3, 0.4) is 0 Å². The maximum absolute atomic E-state index is 11.0. The van der Waals surface area contributed by atoms with Gasteiger partial charge in [0.1, 0.15) is 24.9 Å². The van der Waals surface area contributed by atoms with Crippen molar-refractivity contribution in [3.05, 3.63) is 0 Å². The average molecular weight is 235 g/mol. The largest absolute Gasteiger partial charge is 0.463 e. The molecule has 1 aliphatic rings. The number of rotatable bonds is 0. The first-order valence-electron chi connectivity index (χ1n) is 5.11. The van der Waals surface area contributed by atoms with Crippen LogP contribution in [0.4, 0.5) is 0 Å². The molecule has 94 valence electrons. The summed E-state index contributed by atoms with van der Waals surface area (Å²) in [4.78, 5) is 11.0. The number of cyclic esters (lactones) is 1. The van der Waals surface area contributed by atoms with Crippen LogP contribution in [0, 0.1) is 0 Å². The smallest absolute Gasteiger partial charge is 0.307 e. The molecule has 7 nitrogen and oxygen atoms in total. The van der Waals surface area contributed by atoms with E-state index in [0.29, 0.717) is 6.54 Å². The van der Waals surface area contributed by atoms with Gasteiger partial charge >= 0.3 is 5.97 Å². The predicted molar refractivity (Wildman–Crippen MR) is 52.5 cm³/mol. The summed E-state index contributed by atoms with van der Waals surface area (Å²) in [6, 6.07) is 0. The average Bonchev–Trinajstić information content (AvgIpc) is 2.29. The molecule has 4 atom stereocenters. The lowest BCUT2D eigenvalue weighted by atomic mass is 10.0. The molecule has 1 heterocycles. The van der Waals surface area contributed by atoms with Gasteiger partial charge in [0.15, 0.2) is 0 Å². The van der Waals surface area contributed by atoms with Crippen LogP contribution >= 0.6 is 0 Å². The van der Waals surface area contributed by atoms with E-state index in [9.17, 15) is 25.2 Å². The number of carbonyl (C=O) groups excluding carboxylic acids is 1. The van der Waals surface area contributed by atoms with Crippen LogP contribution in [-0.4, -0.2) is 70.5 Å². The third-order valence-electron chi connectivity index (χ3n) is 2.41. The number of ether oxygens (including phenoxy) is 1. The molecule has 0 aromatic carbocycles. The molecule has 7 heteroatoms. The van der Waals surface area contributed by atoms with Gasteiger partial charge in [-0.1, -0.05) is 0 Å². The number of aliphatic hydroxyl groups is 4. The fourth-order valence-corrected chi connectivity index (χ4v) is 1.37. The lowest BCUT2D eigenvalue weighted by Crippen LogP contribution is -2.48. The first-order chi connectivity index (χ1) is 7.52. The van der Waals surface area contributed by atoms with Crippen LogP contribution in [0.25, 0.3) is 0 Å². The third-order valence-corrected chi connectivity index (χ3v) is 2.41. The molecular weight excluding hydrogens is 218 g/mol. The predicted octanol–water partition coefficient (Wildman–Crippen LogP) is -3.03. The van der Waals surface area contributed by atoms with Crippen LogP contribution < -0.4 is 5.32 Å². The second-order valence-corrected chi connectivity index (χ2v) is 3.75. The van der Waals surface area contributed by atoms with Gasteiger partial charge in [-0.3, -0.25) is 4.79 Å². The van der Waals surface area contributed by atoms with E-state index in [1.165, 1.54) is 0 Å². The van der Waals surface area contributed by atoms with Crippen molar-refractivity contribution in [1.82, 2.24) is 5.32 Å². The van der Waals surface area contributed by atoms with Gasteiger partial charge in [-0.2, -0.15) is 0 Å². The summed E-state index contributed by atoms with van der Waals surface area (Å²) in [5.41, 5.74) is 0. The number of hydrogen-bond acceptors (Lipinski definition) is 7. The normalized spacial score (nSPS) is 38.6. The van der Waals surface area contributed by atoms with E-state index in [2.05, 4.69) is 10.1 Å². The highest BCUT2D eigenvalue weighted by atomic mass is 16.5. The Kier molecular flexibility index (Phi) is 5.10. The first-order valence-corrected chi connectivity index (χ1v) is 5.11. The van der Waals surface area contributed by atoms with Gasteiger partial charge < -0.3 is 30.5 Å². The minimum Gasteiger partial charge on any atom is -0.463 e. The topological polar surface area (TPSA) is 119 Å².